The molecule has 3 rings (SSSR count). The van der Waals surface area contributed by atoms with Gasteiger partial charge < -0.3 is 14.2 Å². The van der Waals surface area contributed by atoms with E-state index >= 15 is 0 Å². The van der Waals surface area contributed by atoms with Gasteiger partial charge in [-0.3, -0.25) is 9.59 Å². The zero-order valence-electron chi connectivity index (χ0n) is 13.4. The number of ether oxygens (including phenoxy) is 1. The predicted molar refractivity (Wildman–Crippen MR) is 87.0 cm³/mol. The molecule has 1 aromatic carbocycles. The molecule has 0 saturated carbocycles. The largest absolute Gasteiger partial charge is 0.367 e. The van der Waals surface area contributed by atoms with E-state index in [2.05, 4.69) is 0 Å². The van der Waals surface area contributed by atoms with Gasteiger partial charge in [0.2, 0.25) is 0 Å². The highest BCUT2D eigenvalue weighted by atomic mass is 16.5. The highest BCUT2D eigenvalue weighted by Crippen LogP contribution is 2.24. The fourth-order valence-electron chi connectivity index (χ4n) is 3.00. The number of methoxy groups -OCH3 is 1. The van der Waals surface area contributed by atoms with Crippen molar-refractivity contribution in [3.05, 3.63) is 69.6 Å². The van der Waals surface area contributed by atoms with Crippen LogP contribution in [0.1, 0.15) is 22.8 Å². The van der Waals surface area contributed by atoms with Crippen LogP contribution in [0.3, 0.4) is 0 Å². The lowest BCUT2D eigenvalue weighted by Crippen LogP contribution is -2.40. The SMILES string of the molecule is CO[C@@H](C(=O)N1CCc2cc(=O)n(C)cc2C1)c1ccccc1. The minimum Gasteiger partial charge on any atom is -0.367 e. The summed E-state index contributed by atoms with van der Waals surface area (Å²) >= 11 is 0. The smallest absolute Gasteiger partial charge is 0.256 e. The molecule has 0 unspecified atom stereocenters. The Kier molecular flexibility index (Phi) is 4.30. The van der Waals surface area contributed by atoms with Crippen LogP contribution in [0.25, 0.3) is 0 Å². The minimum atomic E-state index is -0.592. The van der Waals surface area contributed by atoms with Gasteiger partial charge in [0.05, 0.1) is 0 Å². The van der Waals surface area contributed by atoms with Gasteiger partial charge in [0.15, 0.2) is 6.10 Å². The average Bonchev–Trinajstić information content (AvgIpc) is 2.57. The molecule has 2 aromatic rings. The topological polar surface area (TPSA) is 51.5 Å². The molecule has 0 bridgehead atoms. The molecule has 0 spiro atoms. The first kappa shape index (κ1) is 15.5. The second kappa shape index (κ2) is 6.38. The Morgan fingerprint density at radius 1 is 1.22 bits per heavy atom. The summed E-state index contributed by atoms with van der Waals surface area (Å²) in [5, 5.41) is 0. The standard InChI is InChI=1S/C18H20N2O3/c1-19-11-15-12-20(9-8-14(15)10-16(19)21)18(22)17(23-2)13-6-4-3-5-7-13/h3-7,10-11,17H,8-9,12H2,1-2H3/t17-/m1/s1. The van der Waals surface area contributed by atoms with Gasteiger partial charge in [-0.15, -0.1) is 0 Å². The van der Waals surface area contributed by atoms with Crippen molar-refractivity contribution in [1.29, 1.82) is 0 Å². The zero-order chi connectivity index (χ0) is 16.4. The van der Waals surface area contributed by atoms with Crippen molar-refractivity contribution < 1.29 is 9.53 Å². The third-order valence-corrected chi connectivity index (χ3v) is 4.29. The quantitative estimate of drug-likeness (QED) is 0.866. The van der Waals surface area contributed by atoms with Gasteiger partial charge in [0, 0.05) is 39.5 Å². The van der Waals surface area contributed by atoms with Crippen molar-refractivity contribution in [2.75, 3.05) is 13.7 Å². The molecule has 0 N–H and O–H groups in total. The van der Waals surface area contributed by atoms with Gasteiger partial charge in [-0.05, 0) is 23.1 Å². The highest BCUT2D eigenvalue weighted by Gasteiger charge is 2.28. The van der Waals surface area contributed by atoms with Crippen LogP contribution in [0, 0.1) is 0 Å². The van der Waals surface area contributed by atoms with Crippen LogP contribution in [0.5, 0.6) is 0 Å². The molecular formula is C18H20N2O3. The first-order chi connectivity index (χ1) is 11.1. The molecule has 1 atom stereocenters. The van der Waals surface area contributed by atoms with Gasteiger partial charge in [-0.25, -0.2) is 0 Å². The molecule has 1 amide bonds. The van der Waals surface area contributed by atoms with Crippen molar-refractivity contribution in [2.24, 2.45) is 7.05 Å². The van der Waals surface area contributed by atoms with Gasteiger partial charge >= 0.3 is 0 Å². The Morgan fingerprint density at radius 2 is 1.96 bits per heavy atom. The van der Waals surface area contributed by atoms with Crippen molar-refractivity contribution in [2.45, 2.75) is 19.1 Å². The summed E-state index contributed by atoms with van der Waals surface area (Å²) in [7, 11) is 3.28. The van der Waals surface area contributed by atoms with Crippen molar-refractivity contribution >= 4 is 5.91 Å². The van der Waals surface area contributed by atoms with Gasteiger partial charge in [0.25, 0.3) is 11.5 Å². The lowest BCUT2D eigenvalue weighted by atomic mass is 10.0. The number of fused-ring (bicyclic) bond motifs is 1. The van der Waals surface area contributed by atoms with E-state index in [0.717, 1.165) is 16.7 Å². The maximum Gasteiger partial charge on any atom is 0.256 e. The number of amides is 1. The number of pyridine rings is 1. The van der Waals surface area contributed by atoms with E-state index < -0.39 is 6.10 Å². The second-order valence-electron chi connectivity index (χ2n) is 5.81. The van der Waals surface area contributed by atoms with E-state index in [1.807, 2.05) is 36.5 Å². The number of aromatic nitrogens is 1. The number of carbonyl (C=O) groups is 1. The Bertz CT molecular complexity index is 768. The van der Waals surface area contributed by atoms with E-state index in [9.17, 15) is 9.59 Å². The molecule has 23 heavy (non-hydrogen) atoms. The van der Waals surface area contributed by atoms with E-state index in [4.69, 9.17) is 4.74 Å². The van der Waals surface area contributed by atoms with Crippen LogP contribution in [-0.4, -0.2) is 29.0 Å². The third-order valence-electron chi connectivity index (χ3n) is 4.29. The summed E-state index contributed by atoms with van der Waals surface area (Å²) in [6, 6.07) is 11.2. The Labute approximate surface area is 135 Å². The van der Waals surface area contributed by atoms with Crippen LogP contribution >= 0.6 is 0 Å². The van der Waals surface area contributed by atoms with Crippen LogP contribution < -0.4 is 5.56 Å². The summed E-state index contributed by atoms with van der Waals surface area (Å²) in [5.41, 5.74) is 2.90. The van der Waals surface area contributed by atoms with Crippen molar-refractivity contribution in [3.63, 3.8) is 0 Å². The molecule has 0 aliphatic carbocycles. The first-order valence-electron chi connectivity index (χ1n) is 7.65. The van der Waals surface area contributed by atoms with Gasteiger partial charge in [0.1, 0.15) is 0 Å². The van der Waals surface area contributed by atoms with Crippen LogP contribution in [-0.2, 0) is 29.5 Å². The molecule has 5 nitrogen and oxygen atoms in total. The van der Waals surface area contributed by atoms with Crippen LogP contribution in [0.15, 0.2) is 47.4 Å². The zero-order valence-corrected chi connectivity index (χ0v) is 13.4. The fraction of sp³-hybridized carbons (Fsp3) is 0.333. The van der Waals surface area contributed by atoms with E-state index in [1.54, 1.807) is 29.7 Å². The van der Waals surface area contributed by atoms with Crippen LogP contribution in [0.4, 0.5) is 0 Å². The third kappa shape index (κ3) is 3.05. The molecule has 1 aliphatic heterocycles. The normalized spacial score (nSPS) is 15.1. The summed E-state index contributed by atoms with van der Waals surface area (Å²) in [5.74, 6) is -0.0433. The van der Waals surface area contributed by atoms with E-state index in [1.165, 1.54) is 0 Å². The van der Waals surface area contributed by atoms with Crippen LogP contribution in [0.2, 0.25) is 0 Å². The number of rotatable bonds is 3. The molecule has 120 valence electrons. The Morgan fingerprint density at radius 3 is 2.65 bits per heavy atom. The second-order valence-corrected chi connectivity index (χ2v) is 5.81. The fourth-order valence-corrected chi connectivity index (χ4v) is 3.00. The number of hydrogen-bond acceptors (Lipinski definition) is 3. The average molecular weight is 312 g/mol. The first-order valence-corrected chi connectivity index (χ1v) is 7.65. The lowest BCUT2D eigenvalue weighted by Gasteiger charge is -2.31. The summed E-state index contributed by atoms with van der Waals surface area (Å²) < 4.78 is 6.99. The van der Waals surface area contributed by atoms with E-state index in [-0.39, 0.29) is 11.5 Å². The van der Waals surface area contributed by atoms with Crippen molar-refractivity contribution in [1.82, 2.24) is 9.47 Å². The number of aryl methyl sites for hydroxylation is 1. The summed E-state index contributed by atoms with van der Waals surface area (Å²) in [4.78, 5) is 26.3. The molecule has 0 radical (unpaired) electrons. The minimum absolute atomic E-state index is 0.0115. The number of carbonyl (C=O) groups excluding carboxylic acids is 1. The monoisotopic (exact) mass is 312 g/mol. The number of nitrogens with zero attached hydrogens (tertiary/aromatic N) is 2. The molecular weight excluding hydrogens is 292 g/mol. The summed E-state index contributed by atoms with van der Waals surface area (Å²) in [6.45, 7) is 1.11. The van der Waals surface area contributed by atoms with Gasteiger partial charge in [-0.1, -0.05) is 30.3 Å². The van der Waals surface area contributed by atoms with Crippen molar-refractivity contribution in [3.8, 4) is 0 Å². The Hall–Kier alpha value is -2.40. The highest BCUT2D eigenvalue weighted by molar-refractivity contribution is 5.82. The summed E-state index contributed by atoms with van der Waals surface area (Å²) in [6.07, 6.45) is 1.93. The maximum atomic E-state index is 12.8. The van der Waals surface area contributed by atoms with Gasteiger partial charge in [-0.2, -0.15) is 0 Å². The number of benzene rings is 1. The molecule has 2 heterocycles. The predicted octanol–water partition coefficient (Wildman–Crippen LogP) is 1.66. The maximum absolute atomic E-state index is 12.8. The molecule has 5 heteroatoms. The molecule has 1 aromatic heterocycles. The molecule has 1 aliphatic rings. The molecule has 0 fully saturated rings. The molecule has 0 saturated heterocycles. The Balaban J connectivity index is 1.83. The number of hydrogen-bond donors (Lipinski definition) is 0. The lowest BCUT2D eigenvalue weighted by molar-refractivity contribution is -0.143. The van der Waals surface area contributed by atoms with E-state index in [0.29, 0.717) is 19.5 Å².